The maximum atomic E-state index is 15.8. The molecule has 3 heterocycles. The minimum Gasteiger partial charge on any atom is -0.381 e. The van der Waals surface area contributed by atoms with Crippen molar-refractivity contribution in [2.24, 2.45) is 40.9 Å². The Hall–Kier alpha value is -7.12. The van der Waals surface area contributed by atoms with Crippen LogP contribution in [0.5, 0.6) is 0 Å². The standard InChI is InChI=1S/C77H124F6N12O14/c1-18-26-54-65(99)85-63(46(6)19-2)71(105)89(12)43-62(98)91(14)55-27-24-23-25-36-94(70(55)104)58(37-47-28-32-50(33-29-47)76(78,79)80)69(103)88(11)42-60(96)84-53(35-31-48-30-34-52(77(81,82)83)59(38-48)108-17)67(101)95-41-51(109-22-5)39-56(95)66(100)86-75(44-74(7,8)45-75)73(107)93(16)64(49(20-3)21-4)72(106)92(15)57(68(102)87(9)10)40-61(97)90(54)13/h23-24,46-59,63-64H,18-22,25-45H2,1-17H3,(H,84,96)(H,85,99)(H,86,100)/b24-23-/t46-,47?,48?,50?,51+,52?,53-,54-,55-,56-,57-,58-,59?,63-,64-/m0/s1. The molecule has 3 aliphatic heterocycles. The number of carbonyl (C=O) groups excluding carboxylic acids is 12. The van der Waals surface area contributed by atoms with Gasteiger partial charge in [-0.15, -0.1) is 0 Å². The Kier molecular flexibility index (Phi) is 32.4. The van der Waals surface area contributed by atoms with Crippen molar-refractivity contribution in [2.75, 3.05) is 96.3 Å². The van der Waals surface area contributed by atoms with Crippen molar-refractivity contribution in [3.63, 3.8) is 0 Å². The SMILES string of the molecule is CCC[C@H]1C(=O)N[C@@H]([C@@H](C)CC)C(=O)N(C)CC(=O)N(C)[C@H]2C/C=C\CCN(C2=O)[C@@H](CC2CCC(C(F)(F)F)CC2)C(=O)N(C)CC(=O)N[C@@H](CCC2CCC(C(F)(F)F)C(OC)C2)C(=O)N2C[C@H](OCC)C[C@H]2C(=O)NC2(CC(C)(C)C2)C(=O)N(C)[C@@H](C(CC)CC)C(=O)N(C)[C@H](C(=O)N(C)C)CC(=O)N1C. The fourth-order valence-electron chi connectivity index (χ4n) is 17.5. The third-order valence-electron chi connectivity index (χ3n) is 24.1. The van der Waals surface area contributed by atoms with E-state index in [9.17, 15) is 55.1 Å². The summed E-state index contributed by atoms with van der Waals surface area (Å²) in [6.07, 6.45) is -7.66. The molecule has 2 saturated heterocycles. The van der Waals surface area contributed by atoms with Gasteiger partial charge in [-0.2, -0.15) is 26.3 Å². The van der Waals surface area contributed by atoms with Crippen molar-refractivity contribution < 1.29 is 93.4 Å². The van der Waals surface area contributed by atoms with Gasteiger partial charge in [0.1, 0.15) is 53.9 Å². The van der Waals surface area contributed by atoms with E-state index in [-0.39, 0.29) is 122 Å². The summed E-state index contributed by atoms with van der Waals surface area (Å²) in [6, 6.07) is -11.0. The Balaban J connectivity index is 1.50. The Morgan fingerprint density at radius 2 is 1.27 bits per heavy atom. The summed E-state index contributed by atoms with van der Waals surface area (Å²) in [5.74, 6) is -14.5. The first kappa shape index (κ1) is 90.8. The summed E-state index contributed by atoms with van der Waals surface area (Å²) in [4.78, 5) is 193. The van der Waals surface area contributed by atoms with Gasteiger partial charge in [0, 0.05) is 89.6 Å². The number of nitrogens with zero attached hydrogens (tertiary/aromatic N) is 9. The van der Waals surface area contributed by atoms with Crippen LogP contribution in [0.2, 0.25) is 0 Å². The minimum atomic E-state index is -4.57. The van der Waals surface area contributed by atoms with E-state index in [1.54, 1.807) is 39.8 Å². The van der Waals surface area contributed by atoms with Crippen LogP contribution < -0.4 is 16.0 Å². The number of methoxy groups -OCH3 is 1. The molecule has 0 radical (unpaired) electrons. The first-order valence-corrected chi connectivity index (χ1v) is 39.2. The Bertz CT molecular complexity index is 3230. The quantitative estimate of drug-likeness (QED) is 0.107. The molecule has 618 valence electrons. The highest BCUT2D eigenvalue weighted by Crippen LogP contribution is 2.50. The topological polar surface area (TPSA) is 289 Å². The number of amides is 12. The Morgan fingerprint density at radius 1 is 0.642 bits per heavy atom. The highest BCUT2D eigenvalue weighted by molar-refractivity contribution is 6.01. The van der Waals surface area contributed by atoms with E-state index in [0.29, 0.717) is 25.7 Å². The molecule has 3 aliphatic carbocycles. The number of hydrogen-bond acceptors (Lipinski definition) is 14. The molecular formula is C77H124F6N12O14. The number of fused-ring (bicyclic) bond motifs is 3. The van der Waals surface area contributed by atoms with E-state index < -0.39 is 210 Å². The average molecular weight is 1560 g/mol. The van der Waals surface area contributed by atoms with Crippen LogP contribution in [0, 0.1) is 40.9 Å². The van der Waals surface area contributed by atoms with Crippen LogP contribution in [0.1, 0.15) is 190 Å². The van der Waals surface area contributed by atoms with Crippen LogP contribution in [0.3, 0.4) is 0 Å². The number of likely N-dealkylation sites (N-methyl/N-ethyl adjacent to an activating group) is 7. The van der Waals surface area contributed by atoms with E-state index in [2.05, 4.69) is 16.0 Å². The molecule has 12 amide bonds. The number of halogens is 6. The summed E-state index contributed by atoms with van der Waals surface area (Å²) in [5, 5.41) is 8.67. The van der Waals surface area contributed by atoms with Gasteiger partial charge in [-0.1, -0.05) is 86.3 Å². The summed E-state index contributed by atoms with van der Waals surface area (Å²) >= 11 is 0. The van der Waals surface area contributed by atoms with E-state index in [1.165, 1.54) is 83.1 Å². The average Bonchev–Trinajstić information content (AvgIpc) is 1.33. The van der Waals surface area contributed by atoms with E-state index in [0.717, 1.165) is 24.5 Å². The van der Waals surface area contributed by atoms with E-state index >= 15 is 28.8 Å². The van der Waals surface area contributed by atoms with Crippen LogP contribution in [0.15, 0.2) is 12.2 Å². The van der Waals surface area contributed by atoms with Crippen LogP contribution in [0.25, 0.3) is 0 Å². The first-order valence-electron chi connectivity index (χ1n) is 39.2. The van der Waals surface area contributed by atoms with Gasteiger partial charge in [0.15, 0.2) is 0 Å². The van der Waals surface area contributed by atoms with Crippen LogP contribution in [-0.4, -0.2) is 290 Å². The molecule has 5 fully saturated rings. The molecule has 26 nitrogen and oxygen atoms in total. The molecule has 0 aromatic rings. The second-order valence-corrected chi connectivity index (χ2v) is 32.7. The van der Waals surface area contributed by atoms with Crippen LogP contribution in [0.4, 0.5) is 26.3 Å². The number of carbonyl (C=O) groups is 12. The molecule has 2 bridgehead atoms. The molecule has 3 unspecified atom stereocenters. The lowest BCUT2D eigenvalue weighted by Gasteiger charge is -2.54. The highest BCUT2D eigenvalue weighted by Gasteiger charge is 2.59. The second-order valence-electron chi connectivity index (χ2n) is 32.7. The van der Waals surface area contributed by atoms with Gasteiger partial charge in [0.05, 0.1) is 43.6 Å². The summed E-state index contributed by atoms with van der Waals surface area (Å²) < 4.78 is 97.0. The molecule has 6 rings (SSSR count). The summed E-state index contributed by atoms with van der Waals surface area (Å²) in [5.41, 5.74) is -2.29. The molecule has 3 saturated carbocycles. The number of rotatable bonds is 16. The van der Waals surface area contributed by atoms with Crippen molar-refractivity contribution in [2.45, 2.75) is 269 Å². The molecule has 0 aromatic heterocycles. The number of alkyl halides is 6. The summed E-state index contributed by atoms with van der Waals surface area (Å²) in [7, 11) is 12.2. The maximum Gasteiger partial charge on any atom is 0.394 e. The van der Waals surface area contributed by atoms with Crippen molar-refractivity contribution in [3.8, 4) is 0 Å². The first-order chi connectivity index (χ1) is 51.0. The third-order valence-corrected chi connectivity index (χ3v) is 24.1. The normalized spacial score (nSPS) is 30.7. The second kappa shape index (κ2) is 38.9. The molecule has 6 aliphatic rings. The van der Waals surface area contributed by atoms with Gasteiger partial charge >= 0.3 is 12.4 Å². The number of hydrogen-bond donors (Lipinski definition) is 3. The van der Waals surface area contributed by atoms with Gasteiger partial charge in [-0.25, -0.2) is 0 Å². The molecule has 13 atom stereocenters. The monoisotopic (exact) mass is 1550 g/mol. The number of ether oxygens (including phenoxy) is 2. The zero-order chi connectivity index (χ0) is 81.7. The van der Waals surface area contributed by atoms with Gasteiger partial charge in [0.2, 0.25) is 70.9 Å². The Labute approximate surface area is 639 Å². The smallest absolute Gasteiger partial charge is 0.381 e. The molecule has 32 heteroatoms. The molecule has 0 aromatic carbocycles. The van der Waals surface area contributed by atoms with Crippen molar-refractivity contribution in [3.05, 3.63) is 12.2 Å². The zero-order valence-corrected chi connectivity index (χ0v) is 67.3. The highest BCUT2D eigenvalue weighted by atomic mass is 19.4. The third kappa shape index (κ3) is 22.4. The summed E-state index contributed by atoms with van der Waals surface area (Å²) in [6.45, 7) is 12.8. The largest absolute Gasteiger partial charge is 0.394 e. The Morgan fingerprint density at radius 3 is 1.83 bits per heavy atom. The zero-order valence-electron chi connectivity index (χ0n) is 67.3. The van der Waals surface area contributed by atoms with Crippen LogP contribution >= 0.6 is 0 Å². The molecule has 1 spiro atoms. The molecule has 109 heavy (non-hydrogen) atoms. The fraction of sp³-hybridized carbons (Fsp3) is 0.818. The van der Waals surface area contributed by atoms with Gasteiger partial charge in [-0.05, 0) is 132 Å². The van der Waals surface area contributed by atoms with Crippen molar-refractivity contribution in [1.82, 2.24) is 60.0 Å². The lowest BCUT2D eigenvalue weighted by Crippen LogP contribution is -2.71. The van der Waals surface area contributed by atoms with E-state index in [4.69, 9.17) is 9.47 Å². The minimum absolute atomic E-state index is 0.0322. The van der Waals surface area contributed by atoms with Gasteiger partial charge in [0.25, 0.3) is 0 Å². The number of nitrogens with one attached hydrogen (secondary N) is 3. The van der Waals surface area contributed by atoms with Crippen LogP contribution in [-0.2, 0) is 67.0 Å². The van der Waals surface area contributed by atoms with Gasteiger partial charge < -0.3 is 69.5 Å². The van der Waals surface area contributed by atoms with Crippen molar-refractivity contribution in [1.29, 1.82) is 0 Å². The lowest BCUT2D eigenvalue weighted by molar-refractivity contribution is -0.215. The predicted octanol–water partition coefficient (Wildman–Crippen LogP) is 6.72. The predicted molar refractivity (Wildman–Crippen MR) is 393 cm³/mol. The van der Waals surface area contributed by atoms with Gasteiger partial charge in [-0.3, -0.25) is 57.5 Å². The van der Waals surface area contributed by atoms with Crippen molar-refractivity contribution >= 4 is 70.9 Å². The lowest BCUT2D eigenvalue weighted by atomic mass is 9.58. The molecule has 3 N–H and O–H groups in total. The van der Waals surface area contributed by atoms with E-state index in [1.807, 2.05) is 27.7 Å². The molecular weight excluding hydrogens is 1430 g/mol. The maximum absolute atomic E-state index is 15.8. The fourth-order valence-corrected chi connectivity index (χ4v) is 17.5.